The molecule has 1 aliphatic heterocycles. The first-order valence-corrected chi connectivity index (χ1v) is 10.6. The van der Waals surface area contributed by atoms with Gasteiger partial charge in [-0.3, -0.25) is 19.2 Å². The van der Waals surface area contributed by atoms with Crippen molar-refractivity contribution in [3.8, 4) is 0 Å². The van der Waals surface area contributed by atoms with Crippen LogP contribution in [-0.4, -0.2) is 64.6 Å². The van der Waals surface area contributed by atoms with E-state index in [1.165, 1.54) is 10.6 Å². The molecule has 0 aromatic carbocycles. The molecule has 5 atom stereocenters. The average Bonchev–Trinajstić information content (AvgIpc) is 3.65. The number of hydrogen-bond donors (Lipinski definition) is 4. The van der Waals surface area contributed by atoms with Crippen molar-refractivity contribution < 1.29 is 70.6 Å². The van der Waals surface area contributed by atoms with Gasteiger partial charge in [-0.05, 0) is 61.9 Å². The van der Waals surface area contributed by atoms with Crippen LogP contribution in [0.25, 0.3) is 0 Å². The number of rotatable bonds is 9. The molecule has 0 aromatic heterocycles. The molecule has 5 N–H and O–H groups in total. The SMILES string of the molecule is [2H]C([2H])([2H])C1(C([2H])([2H])[2H])[C@@H]2[C@@H](C(=O)NC([2H])(C(=O)C(N)=O)C([2H])([2H])C3([2H])C([2H])([2H])C([2H])([2H])C3([2H])[2H])N(C(=O)[C@H](CC(C([2H])([2H])[2H])(C([2H])([2H])[2H])C([2H])([2H])[2H])NC(=O)NC(C([2H])([2H])[2H])(C([2H])([2H])[2H])C([2H])([2H])[2H])C[C@@H]21. The summed E-state index contributed by atoms with van der Waals surface area (Å²) in [5.41, 5.74) is -6.85. The molecule has 2 saturated carbocycles. The maximum Gasteiger partial charge on any atom is 0.315 e. The van der Waals surface area contributed by atoms with Crippen LogP contribution >= 0.6 is 0 Å². The fourth-order valence-corrected chi connectivity index (χ4v) is 4.12. The number of carbonyl (C=O) groups is 5. The van der Waals surface area contributed by atoms with E-state index >= 15 is 4.79 Å². The number of hydrogen-bond acceptors (Lipinski definition) is 5. The summed E-state index contributed by atoms with van der Waals surface area (Å²) in [6.45, 7) is -35.0. The fourth-order valence-electron chi connectivity index (χ4n) is 4.12. The highest BCUT2D eigenvalue weighted by atomic mass is 16.2. The van der Waals surface area contributed by atoms with Crippen molar-refractivity contribution in [3.63, 3.8) is 0 Å². The highest BCUT2D eigenvalue weighted by Crippen LogP contribution is 2.65. The second-order valence-corrected chi connectivity index (χ2v) is 8.88. The van der Waals surface area contributed by atoms with E-state index in [0.717, 1.165) is 5.32 Å². The van der Waals surface area contributed by atoms with Crippen LogP contribution in [0.4, 0.5) is 4.79 Å². The lowest BCUT2D eigenvalue weighted by molar-refractivity contribution is -0.144. The Morgan fingerprint density at radius 1 is 1.16 bits per heavy atom. The van der Waals surface area contributed by atoms with Gasteiger partial charge in [-0.1, -0.05) is 53.4 Å². The molecule has 1 heterocycles. The Hall–Kier alpha value is -2.65. The number of nitrogens with one attached hydrogen (secondary N) is 3. The number of amides is 5. The molecule has 5 amide bonds. The predicted octanol–water partition coefficient (Wildman–Crippen LogP) is 2.10. The number of carbonyl (C=O) groups excluding carboxylic acids is 5. The van der Waals surface area contributed by atoms with Crippen LogP contribution < -0.4 is 21.7 Å². The maximum absolute atomic E-state index is 15.1. The largest absolute Gasteiger partial charge is 0.363 e. The van der Waals surface area contributed by atoms with Gasteiger partial charge in [0.15, 0.2) is 0 Å². The third-order valence-corrected chi connectivity index (χ3v) is 5.79. The van der Waals surface area contributed by atoms with Crippen LogP contribution in [0, 0.1) is 28.6 Å². The van der Waals surface area contributed by atoms with E-state index in [1.54, 1.807) is 0 Å². The molecule has 0 aromatic rings. The van der Waals surface area contributed by atoms with Crippen LogP contribution in [-0.2, 0) is 19.2 Å². The monoisotopic (exact) mass is 568 g/mol. The topological polar surface area (TPSA) is 151 Å². The van der Waals surface area contributed by atoms with Crippen LogP contribution in [0.3, 0.4) is 0 Å². The van der Waals surface area contributed by atoms with Crippen LogP contribution in [0.15, 0.2) is 0 Å². The summed E-state index contributed by atoms with van der Waals surface area (Å²) in [7, 11) is 0. The molecule has 3 aliphatic rings. The van der Waals surface area contributed by atoms with Crippen LogP contribution in [0.2, 0.25) is 0 Å². The summed E-state index contributed by atoms with van der Waals surface area (Å²) in [6.07, 6.45) is -19.2. The zero-order valence-corrected chi connectivity index (χ0v) is 19.3. The normalized spacial score (nSPS) is 47.8. The second-order valence-electron chi connectivity index (χ2n) is 8.88. The van der Waals surface area contributed by atoms with Gasteiger partial charge in [-0.25, -0.2) is 4.79 Å². The van der Waals surface area contributed by atoms with E-state index in [-0.39, 0.29) is 4.90 Å². The first-order chi connectivity index (χ1) is 31.1. The minimum Gasteiger partial charge on any atom is -0.363 e. The number of urea groups is 1. The van der Waals surface area contributed by atoms with Crippen LogP contribution in [0.1, 0.15) is 133 Å². The lowest BCUT2D eigenvalue weighted by Crippen LogP contribution is -2.60. The van der Waals surface area contributed by atoms with Gasteiger partial charge in [0.05, 0.1) is 7.39 Å². The number of piperidine rings is 1. The Kier molecular flexibility index (Phi) is 2.26. The minimum absolute atomic E-state index is 0.0963. The highest BCUT2D eigenvalue weighted by molar-refractivity contribution is 6.37. The molecule has 2 aliphatic carbocycles. The van der Waals surface area contributed by atoms with E-state index in [2.05, 4.69) is 0 Å². The number of likely N-dealkylation sites (tertiary alicyclic amines) is 1. The first kappa shape index (κ1) is 8.19. The van der Waals surface area contributed by atoms with Gasteiger partial charge in [0, 0.05) is 57.3 Å². The number of nitrogens with zero attached hydrogens (tertiary/aromatic N) is 1. The molecule has 214 valence electrons. The van der Waals surface area contributed by atoms with E-state index in [9.17, 15) is 19.2 Å². The molecule has 3 rings (SSSR count). The molecule has 1 saturated heterocycles. The Bertz CT molecular complexity index is 2090. The molecule has 10 heteroatoms. The van der Waals surface area contributed by atoms with Gasteiger partial charge in [0.2, 0.25) is 17.6 Å². The lowest BCUT2D eigenvalue weighted by atomic mass is 9.80. The van der Waals surface area contributed by atoms with Crippen LogP contribution in [0.5, 0.6) is 0 Å². The quantitative estimate of drug-likeness (QED) is 0.315. The van der Waals surface area contributed by atoms with E-state index in [1.807, 2.05) is 0 Å². The average molecular weight is 568 g/mol. The first-order valence-electron chi connectivity index (χ1n) is 27.6. The molecule has 0 bridgehead atoms. The molecule has 10 nitrogen and oxygen atoms in total. The molecule has 38 heavy (non-hydrogen) atoms. The Morgan fingerprint density at radius 2 is 1.84 bits per heavy atom. The summed E-state index contributed by atoms with van der Waals surface area (Å²) in [5, 5.41) is 3.76. The summed E-state index contributed by atoms with van der Waals surface area (Å²) >= 11 is 0. The smallest absolute Gasteiger partial charge is 0.315 e. The summed E-state index contributed by atoms with van der Waals surface area (Å²) < 4.78 is 276. The number of fused-ring (bicyclic) bond motifs is 1. The van der Waals surface area contributed by atoms with Gasteiger partial charge in [0.25, 0.3) is 5.91 Å². The van der Waals surface area contributed by atoms with Crippen molar-refractivity contribution in [1.82, 2.24) is 20.9 Å². The number of nitrogens with two attached hydrogens (primary N) is 1. The van der Waals surface area contributed by atoms with Gasteiger partial charge in [-0.15, -0.1) is 0 Å². The predicted molar refractivity (Wildman–Crippen MR) is 144 cm³/mol. The summed E-state index contributed by atoms with van der Waals surface area (Å²) in [5.74, 6) is -18.7. The third kappa shape index (κ3) is 6.86. The van der Waals surface area contributed by atoms with Crippen molar-refractivity contribution in [2.24, 2.45) is 34.3 Å². The standard InChI is InChI=1S/C28H47N5O5/c1-26(2,3)13-18(31-25(38)32-27(4,5)6)24(37)33-14-16-19(28(16,7)8)20(33)23(36)30-17(21(34)22(29)35)12-15-10-9-11-15/h15-20H,9-14H2,1-8H3,(H2,29,35)(H,30,36)(H2,31,32,38)/t16-,17?,18-,19-,20-/m0/s1/i1D3,2D3,3D3,4D3,5D3,6D3,7D3,8D3,9D2,10D2,11D2,12D2,15D,17D. The molecule has 0 spiro atoms. The highest BCUT2D eigenvalue weighted by Gasteiger charge is 2.69. The third-order valence-electron chi connectivity index (χ3n) is 5.79. The van der Waals surface area contributed by atoms with E-state index in [4.69, 9.17) is 52.3 Å². The number of Topliss-reactive ketones (excluding diaryl/α,β-unsaturated/α-hetero) is 1. The Morgan fingerprint density at radius 3 is 2.42 bits per heavy atom. The summed E-state index contributed by atoms with van der Waals surface area (Å²) in [4.78, 5) is 69.6. The van der Waals surface area contributed by atoms with Gasteiger partial charge in [-0.2, -0.15) is 0 Å². The zero-order chi connectivity index (χ0) is 57.8. The lowest BCUT2D eigenvalue weighted by Gasteiger charge is -2.36. The Labute approximate surface area is 274 Å². The van der Waals surface area contributed by atoms with E-state index in [0.29, 0.717) is 0 Å². The molecular weight excluding hydrogens is 486 g/mol. The minimum atomic E-state index is -4.76. The van der Waals surface area contributed by atoms with Gasteiger partial charge < -0.3 is 26.6 Å². The van der Waals surface area contributed by atoms with Crippen molar-refractivity contribution in [2.75, 3.05) is 6.54 Å². The maximum atomic E-state index is 15.1. The van der Waals surface area contributed by atoms with Crippen molar-refractivity contribution in [2.45, 2.75) is 110 Å². The fraction of sp³-hybridized carbons (Fsp3) is 0.821. The molecule has 0 radical (unpaired) electrons. The van der Waals surface area contributed by atoms with Gasteiger partial charge >= 0.3 is 6.03 Å². The molecule has 1 unspecified atom stereocenters. The van der Waals surface area contributed by atoms with Crippen molar-refractivity contribution in [1.29, 1.82) is 0 Å². The van der Waals surface area contributed by atoms with E-state index < -0.39 is 175 Å². The Balaban J connectivity index is 2.51. The second kappa shape index (κ2) is 10.5. The number of primary amides is 1. The molecular formula is C28H47N5O5. The van der Waals surface area contributed by atoms with Crippen molar-refractivity contribution in [3.05, 3.63) is 0 Å². The number of ketones is 1. The summed E-state index contributed by atoms with van der Waals surface area (Å²) in [6, 6.07) is -13.5. The van der Waals surface area contributed by atoms with Gasteiger partial charge in [0.1, 0.15) is 12.1 Å². The zero-order valence-electron chi connectivity index (χ0n) is 53.3. The molecule has 3 fully saturated rings. The van der Waals surface area contributed by atoms with Crippen molar-refractivity contribution >= 4 is 29.5 Å².